The average molecular weight is 328 g/mol. The Bertz CT molecular complexity index is 1040. The smallest absolute Gasteiger partial charge is 0.311 e. The van der Waals surface area contributed by atoms with Gasteiger partial charge in [-0.1, -0.05) is 67.9 Å². The number of fused-ring (bicyclic) bond motifs is 6. The van der Waals surface area contributed by atoms with Crippen molar-refractivity contribution in [2.45, 2.75) is 26.2 Å². The Kier molecular flexibility index (Phi) is 4.10. The third-order valence-electron chi connectivity index (χ3n) is 4.68. The van der Waals surface area contributed by atoms with Crippen LogP contribution in [0.5, 0.6) is 5.75 Å². The summed E-state index contributed by atoms with van der Waals surface area (Å²) in [6, 6.07) is 22.8. The summed E-state index contributed by atoms with van der Waals surface area (Å²) in [5.74, 6) is 0.459. The molecule has 124 valence electrons. The van der Waals surface area contributed by atoms with Gasteiger partial charge >= 0.3 is 5.97 Å². The molecule has 0 radical (unpaired) electrons. The molecule has 4 aromatic rings. The molecule has 2 nitrogen and oxygen atoms in total. The lowest BCUT2D eigenvalue weighted by Gasteiger charge is -2.11. The van der Waals surface area contributed by atoms with Crippen molar-refractivity contribution < 1.29 is 9.53 Å². The number of hydrogen-bond donors (Lipinski definition) is 0. The van der Waals surface area contributed by atoms with E-state index in [1.54, 1.807) is 0 Å². The highest BCUT2D eigenvalue weighted by Crippen LogP contribution is 2.36. The zero-order valence-corrected chi connectivity index (χ0v) is 14.3. The summed E-state index contributed by atoms with van der Waals surface area (Å²) in [4.78, 5) is 12.0. The van der Waals surface area contributed by atoms with Gasteiger partial charge < -0.3 is 4.74 Å². The van der Waals surface area contributed by atoms with E-state index in [0.717, 1.165) is 18.2 Å². The molecular formula is C23H20O2. The lowest BCUT2D eigenvalue weighted by Crippen LogP contribution is -2.07. The van der Waals surface area contributed by atoms with Crippen molar-refractivity contribution in [3.05, 3.63) is 66.7 Å². The number of unbranched alkanes of at least 4 members (excludes halogenated alkanes) is 1. The fourth-order valence-corrected chi connectivity index (χ4v) is 3.45. The summed E-state index contributed by atoms with van der Waals surface area (Å²) in [5.41, 5.74) is 0. The highest BCUT2D eigenvalue weighted by Gasteiger charge is 2.10. The Hall–Kier alpha value is -2.87. The molecule has 0 N–H and O–H groups in total. The van der Waals surface area contributed by atoms with E-state index in [1.165, 1.54) is 26.9 Å². The third kappa shape index (κ3) is 2.85. The Balaban J connectivity index is 1.91. The lowest BCUT2D eigenvalue weighted by atomic mass is 9.94. The van der Waals surface area contributed by atoms with Crippen molar-refractivity contribution in [3.63, 3.8) is 0 Å². The van der Waals surface area contributed by atoms with Crippen LogP contribution in [0.3, 0.4) is 0 Å². The summed E-state index contributed by atoms with van der Waals surface area (Å²) < 4.78 is 5.55. The van der Waals surface area contributed by atoms with Crippen LogP contribution in [0.25, 0.3) is 32.3 Å². The van der Waals surface area contributed by atoms with Gasteiger partial charge in [-0.2, -0.15) is 0 Å². The number of ether oxygens (including phenoxy) is 1. The van der Waals surface area contributed by atoms with E-state index >= 15 is 0 Å². The van der Waals surface area contributed by atoms with Gasteiger partial charge in [0.15, 0.2) is 0 Å². The monoisotopic (exact) mass is 328 g/mol. The number of carbonyl (C=O) groups excluding carboxylic acids is 1. The van der Waals surface area contributed by atoms with E-state index in [-0.39, 0.29) is 5.97 Å². The maximum atomic E-state index is 12.0. The van der Waals surface area contributed by atoms with E-state index in [1.807, 2.05) is 12.1 Å². The molecule has 0 amide bonds. The summed E-state index contributed by atoms with van der Waals surface area (Å²) >= 11 is 0. The quantitative estimate of drug-likeness (QED) is 0.252. The minimum absolute atomic E-state index is 0.161. The highest BCUT2D eigenvalue weighted by molar-refractivity contribution is 6.25. The van der Waals surface area contributed by atoms with Crippen LogP contribution in [0.15, 0.2) is 66.7 Å². The van der Waals surface area contributed by atoms with Gasteiger partial charge in [0, 0.05) is 6.42 Å². The first-order valence-electron chi connectivity index (χ1n) is 8.82. The predicted molar refractivity (Wildman–Crippen MR) is 104 cm³/mol. The second-order valence-corrected chi connectivity index (χ2v) is 6.38. The van der Waals surface area contributed by atoms with Crippen LogP contribution < -0.4 is 4.74 Å². The first-order chi connectivity index (χ1) is 12.3. The standard InChI is InChI=1S/C23H20O2/c1-2-3-12-23(24)25-16-13-14-21-19-10-5-4-8-17(19)18-9-6-7-11-20(18)22(21)15-16/h4-11,13-15H,2-3,12H2,1H3. The van der Waals surface area contributed by atoms with E-state index < -0.39 is 0 Å². The third-order valence-corrected chi connectivity index (χ3v) is 4.68. The molecule has 0 bridgehead atoms. The summed E-state index contributed by atoms with van der Waals surface area (Å²) in [7, 11) is 0. The van der Waals surface area contributed by atoms with Crippen molar-refractivity contribution in [1.29, 1.82) is 0 Å². The van der Waals surface area contributed by atoms with Gasteiger partial charge in [0.05, 0.1) is 0 Å². The second kappa shape index (κ2) is 6.56. The van der Waals surface area contributed by atoms with Crippen LogP contribution in [0.1, 0.15) is 26.2 Å². The zero-order chi connectivity index (χ0) is 17.2. The van der Waals surface area contributed by atoms with Gasteiger partial charge in [-0.05, 0) is 50.9 Å². The van der Waals surface area contributed by atoms with Crippen LogP contribution >= 0.6 is 0 Å². The first kappa shape index (κ1) is 15.6. The molecule has 0 saturated heterocycles. The van der Waals surface area contributed by atoms with E-state index in [4.69, 9.17) is 4.74 Å². The van der Waals surface area contributed by atoms with Crippen molar-refractivity contribution in [3.8, 4) is 5.75 Å². The predicted octanol–water partition coefficient (Wildman–Crippen LogP) is 6.24. The molecule has 0 saturated carbocycles. The number of rotatable bonds is 4. The summed E-state index contributed by atoms with van der Waals surface area (Å²) in [5, 5.41) is 7.18. The molecular weight excluding hydrogens is 308 g/mol. The molecule has 0 aliphatic carbocycles. The molecule has 2 heteroatoms. The maximum Gasteiger partial charge on any atom is 0.311 e. The van der Waals surface area contributed by atoms with Crippen molar-refractivity contribution >= 4 is 38.3 Å². The second-order valence-electron chi connectivity index (χ2n) is 6.38. The molecule has 4 aromatic carbocycles. The van der Waals surface area contributed by atoms with Gasteiger partial charge in [-0.15, -0.1) is 0 Å². The highest BCUT2D eigenvalue weighted by atomic mass is 16.5. The molecule has 0 heterocycles. The maximum absolute atomic E-state index is 12.0. The number of benzene rings is 4. The minimum atomic E-state index is -0.161. The largest absolute Gasteiger partial charge is 0.427 e. The Morgan fingerprint density at radius 3 is 1.84 bits per heavy atom. The normalized spacial score (nSPS) is 11.2. The van der Waals surface area contributed by atoms with E-state index in [0.29, 0.717) is 12.2 Å². The topological polar surface area (TPSA) is 26.3 Å². The molecule has 0 aliphatic heterocycles. The molecule has 25 heavy (non-hydrogen) atoms. The van der Waals surface area contributed by atoms with Crippen LogP contribution in [0, 0.1) is 0 Å². The average Bonchev–Trinajstić information content (AvgIpc) is 2.66. The van der Waals surface area contributed by atoms with E-state index in [9.17, 15) is 4.79 Å². The summed E-state index contributed by atoms with van der Waals surface area (Å²) in [6.07, 6.45) is 2.32. The lowest BCUT2D eigenvalue weighted by molar-refractivity contribution is -0.134. The van der Waals surface area contributed by atoms with Crippen LogP contribution in [-0.4, -0.2) is 5.97 Å². The van der Waals surface area contributed by atoms with Crippen molar-refractivity contribution in [2.24, 2.45) is 0 Å². The minimum Gasteiger partial charge on any atom is -0.427 e. The fraction of sp³-hybridized carbons (Fsp3) is 0.174. The van der Waals surface area contributed by atoms with Gasteiger partial charge in [0.2, 0.25) is 0 Å². The van der Waals surface area contributed by atoms with Crippen LogP contribution in [-0.2, 0) is 4.79 Å². The Morgan fingerprint density at radius 1 is 0.760 bits per heavy atom. The van der Waals surface area contributed by atoms with Crippen LogP contribution in [0.4, 0.5) is 0 Å². The van der Waals surface area contributed by atoms with Gasteiger partial charge in [0.1, 0.15) is 5.75 Å². The van der Waals surface area contributed by atoms with Crippen molar-refractivity contribution in [2.75, 3.05) is 0 Å². The van der Waals surface area contributed by atoms with Crippen molar-refractivity contribution in [1.82, 2.24) is 0 Å². The molecule has 0 atom stereocenters. The van der Waals surface area contributed by atoms with Crippen LogP contribution in [0.2, 0.25) is 0 Å². The SMILES string of the molecule is CCCCC(=O)Oc1ccc2c3ccccc3c3ccccc3c2c1. The zero-order valence-electron chi connectivity index (χ0n) is 14.3. The number of carbonyl (C=O) groups is 1. The molecule has 0 unspecified atom stereocenters. The summed E-state index contributed by atoms with van der Waals surface area (Å²) in [6.45, 7) is 2.07. The molecule has 0 fully saturated rings. The Labute approximate surface area is 147 Å². The van der Waals surface area contributed by atoms with Gasteiger partial charge in [-0.25, -0.2) is 0 Å². The van der Waals surface area contributed by atoms with Gasteiger partial charge in [-0.3, -0.25) is 4.79 Å². The molecule has 0 spiro atoms. The molecule has 0 aromatic heterocycles. The fourth-order valence-electron chi connectivity index (χ4n) is 3.45. The number of esters is 1. The first-order valence-corrected chi connectivity index (χ1v) is 8.82. The number of hydrogen-bond acceptors (Lipinski definition) is 2. The molecule has 0 aliphatic rings. The Morgan fingerprint density at radius 2 is 1.28 bits per heavy atom. The van der Waals surface area contributed by atoms with E-state index in [2.05, 4.69) is 61.5 Å². The molecule has 4 rings (SSSR count). The van der Waals surface area contributed by atoms with Gasteiger partial charge in [0.25, 0.3) is 0 Å².